The van der Waals surface area contributed by atoms with Crippen LogP contribution in [0, 0.1) is 0 Å². The molecule has 31 heavy (non-hydrogen) atoms. The average Bonchev–Trinajstić information content (AvgIpc) is 3.22. The lowest BCUT2D eigenvalue weighted by Gasteiger charge is -2.10. The van der Waals surface area contributed by atoms with Crippen LogP contribution in [0.15, 0.2) is 53.4 Å². The molecule has 0 amide bonds. The van der Waals surface area contributed by atoms with Crippen molar-refractivity contribution in [3.05, 3.63) is 54.1 Å². The van der Waals surface area contributed by atoms with Gasteiger partial charge in [-0.25, -0.2) is 4.39 Å². The molecule has 2 aromatic heterocycles. The highest BCUT2D eigenvalue weighted by Crippen LogP contribution is 2.34. The number of halogens is 1. The van der Waals surface area contributed by atoms with Crippen LogP contribution in [0.3, 0.4) is 0 Å². The normalized spacial score (nSPS) is 10.8. The zero-order valence-electron chi connectivity index (χ0n) is 16.5. The van der Waals surface area contributed by atoms with E-state index in [2.05, 4.69) is 30.5 Å². The number of nitrogens with zero attached hydrogens (tertiary/aromatic N) is 4. The molecule has 6 N–H and O–H groups in total. The van der Waals surface area contributed by atoms with Crippen molar-refractivity contribution in [2.75, 3.05) is 23.0 Å². The molecule has 4 aromatic rings. The fourth-order valence-corrected chi connectivity index (χ4v) is 3.40. The van der Waals surface area contributed by atoms with Gasteiger partial charge in [-0.3, -0.25) is 0 Å². The van der Waals surface area contributed by atoms with Gasteiger partial charge < -0.3 is 26.5 Å². The van der Waals surface area contributed by atoms with E-state index in [0.29, 0.717) is 23.1 Å². The zero-order chi connectivity index (χ0) is 21.8. The van der Waals surface area contributed by atoms with E-state index in [1.807, 2.05) is 24.5 Å². The summed E-state index contributed by atoms with van der Waals surface area (Å²) in [6.45, 7) is -0.531. The first-order chi connectivity index (χ1) is 15.0. The molecule has 0 saturated heterocycles. The van der Waals surface area contributed by atoms with Gasteiger partial charge in [0.1, 0.15) is 18.2 Å². The molecule has 2 heterocycles. The van der Waals surface area contributed by atoms with Crippen molar-refractivity contribution in [3.63, 3.8) is 0 Å². The molecule has 0 atom stereocenters. The summed E-state index contributed by atoms with van der Waals surface area (Å²) in [5.74, 6) is 2.13. The van der Waals surface area contributed by atoms with E-state index >= 15 is 0 Å². The van der Waals surface area contributed by atoms with Crippen molar-refractivity contribution in [2.45, 2.75) is 11.6 Å². The lowest BCUT2D eigenvalue weighted by Crippen LogP contribution is -2.01. The zero-order valence-corrected chi connectivity index (χ0v) is 17.3. The largest absolute Gasteiger partial charge is 0.438 e. The summed E-state index contributed by atoms with van der Waals surface area (Å²) in [6, 6.07) is 14.1. The SMILES string of the molecule is CSc1cc(-c2nnc(Nc3cccc(CF)c3)[nH]2)ccc1Oc1cc(N)nc(N)n1. The predicted octanol–water partition coefficient (Wildman–Crippen LogP) is 4.15. The minimum Gasteiger partial charge on any atom is -0.438 e. The van der Waals surface area contributed by atoms with Crippen LogP contribution in [0.1, 0.15) is 5.56 Å². The van der Waals surface area contributed by atoms with E-state index in [4.69, 9.17) is 16.2 Å². The van der Waals surface area contributed by atoms with Crippen LogP contribution < -0.4 is 21.5 Å². The Kier molecular flexibility index (Phi) is 5.85. The standard InChI is InChI=1S/C20H19FN8OS/c1-31-15-8-12(5-6-14(15)30-17-9-16(22)25-19(23)26-17)18-27-20(29-28-18)24-13-4-2-3-11(7-13)10-21/h2-9H,10H2,1H3,(H4,22,23,25,26)(H2,24,27,28,29). The number of benzene rings is 2. The Hall–Kier alpha value is -3.86. The van der Waals surface area contributed by atoms with Crippen molar-refractivity contribution in [2.24, 2.45) is 0 Å². The lowest BCUT2D eigenvalue weighted by molar-refractivity contribution is 0.452. The number of aromatic nitrogens is 5. The van der Waals surface area contributed by atoms with E-state index in [-0.39, 0.29) is 17.6 Å². The number of nitrogens with one attached hydrogen (secondary N) is 2. The van der Waals surface area contributed by atoms with Gasteiger partial charge in [0, 0.05) is 17.3 Å². The highest BCUT2D eigenvalue weighted by Gasteiger charge is 2.12. The Balaban J connectivity index is 1.55. The molecule has 9 nitrogen and oxygen atoms in total. The van der Waals surface area contributed by atoms with Crippen LogP contribution >= 0.6 is 11.8 Å². The maximum atomic E-state index is 12.9. The van der Waals surface area contributed by atoms with Crippen LogP contribution in [-0.4, -0.2) is 31.4 Å². The summed E-state index contributed by atoms with van der Waals surface area (Å²) >= 11 is 1.50. The van der Waals surface area contributed by atoms with Crippen molar-refractivity contribution in [1.29, 1.82) is 0 Å². The number of H-pyrrole nitrogens is 1. The summed E-state index contributed by atoms with van der Waals surface area (Å²) in [5.41, 5.74) is 13.4. The molecule has 0 radical (unpaired) electrons. The summed E-state index contributed by atoms with van der Waals surface area (Å²) in [5, 5.41) is 11.4. The third-order valence-corrected chi connectivity index (χ3v) is 4.98. The second-order valence-electron chi connectivity index (χ2n) is 6.44. The number of aromatic amines is 1. The molecular weight excluding hydrogens is 419 g/mol. The van der Waals surface area contributed by atoms with Crippen molar-refractivity contribution >= 4 is 35.2 Å². The van der Waals surface area contributed by atoms with E-state index < -0.39 is 6.67 Å². The lowest BCUT2D eigenvalue weighted by atomic mass is 10.2. The maximum Gasteiger partial charge on any atom is 0.226 e. The molecule has 0 fully saturated rings. The molecule has 0 unspecified atom stereocenters. The third kappa shape index (κ3) is 4.83. The number of anilines is 4. The van der Waals surface area contributed by atoms with Gasteiger partial charge >= 0.3 is 0 Å². The van der Waals surface area contributed by atoms with Crippen molar-refractivity contribution in [1.82, 2.24) is 25.1 Å². The van der Waals surface area contributed by atoms with Crippen LogP contribution in [0.4, 0.5) is 27.8 Å². The highest BCUT2D eigenvalue weighted by molar-refractivity contribution is 7.98. The highest BCUT2D eigenvalue weighted by atomic mass is 32.2. The summed E-state index contributed by atoms with van der Waals surface area (Å²) < 4.78 is 18.7. The summed E-state index contributed by atoms with van der Waals surface area (Å²) in [6.07, 6.45) is 1.93. The van der Waals surface area contributed by atoms with Gasteiger partial charge in [-0.15, -0.1) is 22.0 Å². The molecule has 0 bridgehead atoms. The molecule has 4 rings (SSSR count). The number of hydrogen-bond donors (Lipinski definition) is 4. The molecular formula is C20H19FN8OS. The minimum atomic E-state index is -0.531. The second-order valence-corrected chi connectivity index (χ2v) is 7.29. The van der Waals surface area contributed by atoms with Crippen LogP contribution in [-0.2, 0) is 6.67 Å². The van der Waals surface area contributed by atoms with Gasteiger partial charge in [-0.05, 0) is 42.2 Å². The number of hydrogen-bond acceptors (Lipinski definition) is 9. The molecule has 0 aliphatic carbocycles. The first-order valence-electron chi connectivity index (χ1n) is 9.15. The average molecular weight is 438 g/mol. The minimum absolute atomic E-state index is 0.0380. The Morgan fingerprint density at radius 3 is 2.74 bits per heavy atom. The molecule has 2 aromatic carbocycles. The summed E-state index contributed by atoms with van der Waals surface area (Å²) in [7, 11) is 0. The van der Waals surface area contributed by atoms with Gasteiger partial charge in [0.2, 0.25) is 17.8 Å². The molecule has 0 aliphatic heterocycles. The molecule has 0 saturated carbocycles. The Bertz CT molecular complexity index is 1200. The predicted molar refractivity (Wildman–Crippen MR) is 119 cm³/mol. The number of ether oxygens (including phenoxy) is 1. The van der Waals surface area contributed by atoms with Gasteiger partial charge in [-0.1, -0.05) is 12.1 Å². The monoisotopic (exact) mass is 438 g/mol. The van der Waals surface area contributed by atoms with Gasteiger partial charge in [-0.2, -0.15) is 9.97 Å². The van der Waals surface area contributed by atoms with Gasteiger partial charge in [0.15, 0.2) is 5.82 Å². The first kappa shape index (κ1) is 20.4. The molecule has 0 aliphatic rings. The molecule has 11 heteroatoms. The summed E-state index contributed by atoms with van der Waals surface area (Å²) in [4.78, 5) is 11.8. The fourth-order valence-electron chi connectivity index (χ4n) is 2.84. The van der Waals surface area contributed by atoms with E-state index in [1.54, 1.807) is 24.3 Å². The number of alkyl halides is 1. The number of thioether (sulfide) groups is 1. The van der Waals surface area contributed by atoms with Crippen LogP contribution in [0.2, 0.25) is 0 Å². The Morgan fingerprint density at radius 2 is 1.97 bits per heavy atom. The number of rotatable bonds is 7. The van der Waals surface area contributed by atoms with Gasteiger partial charge in [0.05, 0.1) is 4.90 Å². The third-order valence-electron chi connectivity index (χ3n) is 4.22. The topological polar surface area (TPSA) is 141 Å². The maximum absolute atomic E-state index is 12.9. The van der Waals surface area contributed by atoms with Crippen molar-refractivity contribution in [3.8, 4) is 23.0 Å². The smallest absolute Gasteiger partial charge is 0.226 e. The van der Waals surface area contributed by atoms with E-state index in [1.165, 1.54) is 17.8 Å². The number of nitrogen functional groups attached to an aromatic ring is 2. The Labute approximate surface area is 181 Å². The van der Waals surface area contributed by atoms with Crippen LogP contribution in [0.25, 0.3) is 11.4 Å². The first-order valence-corrected chi connectivity index (χ1v) is 10.4. The van der Waals surface area contributed by atoms with E-state index in [9.17, 15) is 4.39 Å². The quantitative estimate of drug-likeness (QED) is 0.313. The Morgan fingerprint density at radius 1 is 1.10 bits per heavy atom. The second kappa shape index (κ2) is 8.88. The molecule has 0 spiro atoms. The molecule has 158 valence electrons. The fraction of sp³-hybridized carbons (Fsp3) is 0.100. The van der Waals surface area contributed by atoms with Gasteiger partial charge in [0.25, 0.3) is 0 Å². The van der Waals surface area contributed by atoms with Crippen molar-refractivity contribution < 1.29 is 9.13 Å². The van der Waals surface area contributed by atoms with E-state index in [0.717, 1.165) is 16.1 Å². The van der Waals surface area contributed by atoms with Crippen LogP contribution in [0.5, 0.6) is 11.6 Å². The number of nitrogens with two attached hydrogens (primary N) is 2.